The molecule has 0 aliphatic carbocycles. The lowest BCUT2D eigenvalue weighted by molar-refractivity contribution is -0.138. The van der Waals surface area contributed by atoms with Crippen LogP contribution in [0.5, 0.6) is 5.75 Å². The number of hydrogen-bond acceptors (Lipinski definition) is 5. The summed E-state index contributed by atoms with van der Waals surface area (Å²) in [6, 6.07) is 6.89. The van der Waals surface area contributed by atoms with Gasteiger partial charge in [-0.25, -0.2) is 4.90 Å². The Kier molecular flexibility index (Phi) is 4.13. The Hall–Kier alpha value is -3.22. The Morgan fingerprint density at radius 2 is 1.57 bits per heavy atom. The van der Waals surface area contributed by atoms with Crippen LogP contribution in [0.3, 0.4) is 0 Å². The number of nitrogens with zero attached hydrogens (tertiary/aromatic N) is 1. The number of phenolic OH excluding ortho intramolecular Hbond substituents is 1. The van der Waals surface area contributed by atoms with E-state index in [4.69, 9.17) is 5.73 Å². The van der Waals surface area contributed by atoms with Crippen molar-refractivity contribution in [2.75, 3.05) is 0 Å². The maximum atomic E-state index is 12.6. The molecule has 0 aliphatic heterocycles. The predicted molar refractivity (Wildman–Crippen MR) is 81.7 cm³/mol. The van der Waals surface area contributed by atoms with Crippen LogP contribution in [0, 0.1) is 0 Å². The van der Waals surface area contributed by atoms with Gasteiger partial charge in [0.15, 0.2) is 0 Å². The van der Waals surface area contributed by atoms with Crippen molar-refractivity contribution >= 4 is 34.4 Å². The summed E-state index contributed by atoms with van der Waals surface area (Å²) in [6.07, 6.45) is 0. The molecule has 0 atom stereocenters. The number of benzene rings is 2. The number of nitrogens with two attached hydrogens (primary N) is 1. The number of fused-ring (bicyclic) bond motifs is 1. The van der Waals surface area contributed by atoms with E-state index in [1.165, 1.54) is 30.3 Å². The van der Waals surface area contributed by atoms with Crippen molar-refractivity contribution in [3.63, 3.8) is 0 Å². The molecule has 7 nitrogen and oxygen atoms in total. The van der Waals surface area contributed by atoms with Crippen molar-refractivity contribution in [1.29, 1.82) is 0 Å². The second-order valence-corrected chi connectivity index (χ2v) is 4.90. The molecule has 2 aromatic carbocycles. The van der Waals surface area contributed by atoms with Crippen molar-refractivity contribution in [3.8, 4) is 5.75 Å². The van der Waals surface area contributed by atoms with Crippen LogP contribution in [0.2, 0.25) is 0 Å². The highest BCUT2D eigenvalue weighted by molar-refractivity contribution is 6.22. The van der Waals surface area contributed by atoms with Gasteiger partial charge in [-0.2, -0.15) is 0 Å². The third kappa shape index (κ3) is 2.76. The summed E-state index contributed by atoms with van der Waals surface area (Å²) in [5.74, 6) is -3.34. The lowest BCUT2D eigenvalue weighted by Gasteiger charge is -2.17. The van der Waals surface area contributed by atoms with Crippen LogP contribution in [-0.4, -0.2) is 33.6 Å². The SMILES string of the molecule is CC(=O)N(C(C)=O)C(=O)c1ccc(O)c2cccc(C(N)=O)c12. The average molecular weight is 314 g/mol. The van der Waals surface area contributed by atoms with Crippen LogP contribution >= 0.6 is 0 Å². The second kappa shape index (κ2) is 5.88. The molecule has 0 saturated carbocycles. The molecular weight excluding hydrogens is 300 g/mol. The van der Waals surface area contributed by atoms with E-state index in [2.05, 4.69) is 0 Å². The molecule has 0 spiro atoms. The fraction of sp³-hybridized carbons (Fsp3) is 0.125. The second-order valence-electron chi connectivity index (χ2n) is 4.90. The molecule has 0 unspecified atom stereocenters. The Balaban J connectivity index is 2.82. The summed E-state index contributed by atoms with van der Waals surface area (Å²) in [5.41, 5.74) is 5.25. The van der Waals surface area contributed by atoms with Gasteiger partial charge in [0.1, 0.15) is 5.75 Å². The van der Waals surface area contributed by atoms with Crippen molar-refractivity contribution in [2.45, 2.75) is 13.8 Å². The van der Waals surface area contributed by atoms with Crippen LogP contribution in [0.15, 0.2) is 30.3 Å². The number of hydrogen-bond donors (Lipinski definition) is 2. The Labute approximate surface area is 131 Å². The first-order valence-electron chi connectivity index (χ1n) is 6.65. The molecule has 0 aliphatic rings. The molecule has 0 aromatic heterocycles. The van der Waals surface area contributed by atoms with Gasteiger partial charge in [0.05, 0.1) is 0 Å². The van der Waals surface area contributed by atoms with E-state index in [0.717, 1.165) is 13.8 Å². The van der Waals surface area contributed by atoms with Gasteiger partial charge in [0, 0.05) is 35.7 Å². The summed E-state index contributed by atoms with van der Waals surface area (Å²) in [4.78, 5) is 47.8. The van der Waals surface area contributed by atoms with E-state index in [-0.39, 0.29) is 27.6 Å². The minimum Gasteiger partial charge on any atom is -0.507 e. The summed E-state index contributed by atoms with van der Waals surface area (Å²) in [6.45, 7) is 2.16. The van der Waals surface area contributed by atoms with Crippen molar-refractivity contribution in [2.24, 2.45) is 5.73 Å². The number of aromatic hydroxyl groups is 1. The van der Waals surface area contributed by atoms with Crippen LogP contribution in [0.4, 0.5) is 0 Å². The summed E-state index contributed by atoms with van der Waals surface area (Å²) >= 11 is 0. The molecule has 118 valence electrons. The maximum Gasteiger partial charge on any atom is 0.267 e. The zero-order chi connectivity index (χ0) is 17.3. The van der Waals surface area contributed by atoms with Crippen LogP contribution in [0.1, 0.15) is 34.6 Å². The van der Waals surface area contributed by atoms with E-state index in [9.17, 15) is 24.3 Å². The van der Waals surface area contributed by atoms with E-state index in [1.807, 2.05) is 0 Å². The molecule has 0 fully saturated rings. The van der Waals surface area contributed by atoms with Gasteiger partial charge in [-0.15, -0.1) is 0 Å². The highest BCUT2D eigenvalue weighted by atomic mass is 16.3. The molecule has 4 amide bonds. The summed E-state index contributed by atoms with van der Waals surface area (Å²) < 4.78 is 0. The monoisotopic (exact) mass is 314 g/mol. The summed E-state index contributed by atoms with van der Waals surface area (Å²) in [5, 5.41) is 10.2. The molecule has 3 N–H and O–H groups in total. The number of amides is 4. The summed E-state index contributed by atoms with van der Waals surface area (Å²) in [7, 11) is 0. The number of carbonyl (C=O) groups is 4. The Bertz CT molecular complexity index is 843. The van der Waals surface area contributed by atoms with Gasteiger partial charge in [0.2, 0.25) is 17.7 Å². The maximum absolute atomic E-state index is 12.6. The first kappa shape index (κ1) is 16.2. The topological polar surface area (TPSA) is 118 Å². The normalized spacial score (nSPS) is 10.3. The largest absolute Gasteiger partial charge is 0.507 e. The predicted octanol–water partition coefficient (Wildman–Crippen LogP) is 1.18. The molecule has 0 radical (unpaired) electrons. The van der Waals surface area contributed by atoms with Crippen molar-refractivity contribution < 1.29 is 24.3 Å². The third-order valence-electron chi connectivity index (χ3n) is 3.35. The fourth-order valence-corrected chi connectivity index (χ4v) is 2.40. The molecular formula is C16H14N2O5. The van der Waals surface area contributed by atoms with E-state index in [0.29, 0.717) is 4.90 Å². The van der Waals surface area contributed by atoms with E-state index in [1.54, 1.807) is 0 Å². The zero-order valence-corrected chi connectivity index (χ0v) is 12.5. The number of rotatable bonds is 2. The van der Waals surface area contributed by atoms with Crippen molar-refractivity contribution in [3.05, 3.63) is 41.5 Å². The highest BCUT2D eigenvalue weighted by Gasteiger charge is 2.27. The lowest BCUT2D eigenvalue weighted by Crippen LogP contribution is -2.39. The van der Waals surface area contributed by atoms with Crippen LogP contribution in [0.25, 0.3) is 10.8 Å². The smallest absolute Gasteiger partial charge is 0.267 e. The first-order valence-corrected chi connectivity index (χ1v) is 6.65. The fourth-order valence-electron chi connectivity index (χ4n) is 2.40. The van der Waals surface area contributed by atoms with Crippen LogP contribution < -0.4 is 5.73 Å². The molecule has 0 heterocycles. The van der Waals surface area contributed by atoms with Gasteiger partial charge in [-0.3, -0.25) is 19.2 Å². The van der Waals surface area contributed by atoms with Crippen LogP contribution in [-0.2, 0) is 9.59 Å². The Morgan fingerprint density at radius 1 is 0.957 bits per heavy atom. The molecule has 0 saturated heterocycles. The minimum atomic E-state index is -0.885. The van der Waals surface area contributed by atoms with Gasteiger partial charge < -0.3 is 10.8 Å². The standard InChI is InChI=1S/C16H14N2O5/c1-8(19)18(9(2)20)16(23)12-6-7-13(21)10-4-3-5-11(14(10)12)15(17)22/h3-7,21H,1-2H3,(H2,17,22). The first-order chi connectivity index (χ1) is 10.8. The van der Waals surface area contributed by atoms with Gasteiger partial charge >= 0.3 is 0 Å². The zero-order valence-electron chi connectivity index (χ0n) is 12.5. The average Bonchev–Trinajstić information content (AvgIpc) is 2.46. The minimum absolute atomic E-state index is 0.00815. The molecule has 23 heavy (non-hydrogen) atoms. The number of imide groups is 3. The number of phenols is 1. The number of primary amides is 1. The molecule has 2 rings (SSSR count). The number of carbonyl (C=O) groups excluding carboxylic acids is 4. The molecule has 2 aromatic rings. The lowest BCUT2D eigenvalue weighted by atomic mass is 9.97. The van der Waals surface area contributed by atoms with E-state index < -0.39 is 23.6 Å². The quantitative estimate of drug-likeness (QED) is 0.863. The molecule has 0 bridgehead atoms. The van der Waals surface area contributed by atoms with Gasteiger partial charge in [-0.05, 0) is 18.2 Å². The Morgan fingerprint density at radius 3 is 2.09 bits per heavy atom. The van der Waals surface area contributed by atoms with Gasteiger partial charge in [-0.1, -0.05) is 12.1 Å². The van der Waals surface area contributed by atoms with Crippen molar-refractivity contribution in [1.82, 2.24) is 4.90 Å². The highest BCUT2D eigenvalue weighted by Crippen LogP contribution is 2.31. The van der Waals surface area contributed by atoms with E-state index >= 15 is 0 Å². The third-order valence-corrected chi connectivity index (χ3v) is 3.35. The van der Waals surface area contributed by atoms with Gasteiger partial charge in [0.25, 0.3) is 5.91 Å². The molecule has 7 heteroatoms.